The molecule has 7 nitrogen and oxygen atoms in total. The highest BCUT2D eigenvalue weighted by Gasteiger charge is 2.28. The molecule has 2 rings (SSSR count). The molecule has 0 atom stereocenters. The van der Waals surface area contributed by atoms with Gasteiger partial charge in [-0.05, 0) is 30.3 Å². The highest BCUT2D eigenvalue weighted by molar-refractivity contribution is 7.92. The van der Waals surface area contributed by atoms with Crippen molar-refractivity contribution in [3.8, 4) is 11.5 Å². The van der Waals surface area contributed by atoms with Crippen molar-refractivity contribution < 1.29 is 27.8 Å². The third-order valence-corrected chi connectivity index (χ3v) is 6.21. The summed E-state index contributed by atoms with van der Waals surface area (Å²) >= 11 is 11.8. The van der Waals surface area contributed by atoms with Crippen LogP contribution < -0.4 is 13.8 Å². The molecule has 0 aromatic heterocycles. The molecule has 10 heteroatoms. The molecule has 146 valence electrons. The second-order valence-corrected chi connectivity index (χ2v) is 8.01. The number of benzene rings is 2. The maximum atomic E-state index is 13.2. The van der Waals surface area contributed by atoms with Crippen molar-refractivity contribution in [3.05, 3.63) is 46.4 Å². The Morgan fingerprint density at radius 2 is 1.78 bits per heavy atom. The predicted octanol–water partition coefficient (Wildman–Crippen LogP) is 3.68. The maximum absolute atomic E-state index is 13.2. The quantitative estimate of drug-likeness (QED) is 0.682. The molecule has 2 aromatic carbocycles. The molecule has 0 aliphatic carbocycles. The molecule has 0 spiro atoms. The van der Waals surface area contributed by atoms with Gasteiger partial charge < -0.3 is 14.6 Å². The Morgan fingerprint density at radius 1 is 1.07 bits per heavy atom. The third-order valence-electron chi connectivity index (χ3n) is 3.66. The second-order valence-electron chi connectivity index (χ2n) is 5.33. The summed E-state index contributed by atoms with van der Waals surface area (Å²) in [6.45, 7) is -0.305. The summed E-state index contributed by atoms with van der Waals surface area (Å²) in [5, 5.41) is 9.29. The normalized spacial score (nSPS) is 11.1. The topological polar surface area (TPSA) is 93.1 Å². The number of hydrogen-bond acceptors (Lipinski definition) is 5. The van der Waals surface area contributed by atoms with Crippen molar-refractivity contribution >= 4 is 44.9 Å². The van der Waals surface area contributed by atoms with E-state index in [1.807, 2.05) is 0 Å². The average Bonchev–Trinajstić information content (AvgIpc) is 2.63. The number of halogens is 2. The minimum atomic E-state index is -4.14. The Kier molecular flexibility index (Phi) is 6.80. The molecule has 0 heterocycles. The van der Waals surface area contributed by atoms with E-state index in [0.29, 0.717) is 5.75 Å². The molecule has 0 unspecified atom stereocenters. The molecule has 0 radical (unpaired) electrons. The zero-order valence-corrected chi connectivity index (χ0v) is 16.8. The van der Waals surface area contributed by atoms with Gasteiger partial charge in [0.1, 0.15) is 11.5 Å². The Balaban J connectivity index is 2.60. The van der Waals surface area contributed by atoms with Crippen molar-refractivity contribution in [3.63, 3.8) is 0 Å². The van der Waals surface area contributed by atoms with Crippen molar-refractivity contribution in [1.29, 1.82) is 0 Å². The maximum Gasteiger partial charge on any atom is 0.305 e. The van der Waals surface area contributed by atoms with Crippen LogP contribution in [0.4, 0.5) is 5.69 Å². The fraction of sp³-hybridized carbons (Fsp3) is 0.235. The fourth-order valence-corrected chi connectivity index (χ4v) is 4.19. The van der Waals surface area contributed by atoms with Crippen LogP contribution in [0.1, 0.15) is 6.42 Å². The summed E-state index contributed by atoms with van der Waals surface area (Å²) in [5.74, 6) is -0.471. The van der Waals surface area contributed by atoms with E-state index >= 15 is 0 Å². The standard InChI is InChI=1S/C17H17Cl2NO6S/c1-25-11-3-6-15(16(9-11)26-2)20(8-7-17(21)22)27(23,24)12-4-5-13(18)14(19)10-12/h3-6,9-10H,7-8H2,1-2H3,(H,21,22). The molecular weight excluding hydrogens is 417 g/mol. The molecular formula is C17H17Cl2NO6S. The number of ether oxygens (including phenoxy) is 2. The van der Waals surface area contributed by atoms with Crippen LogP contribution in [-0.2, 0) is 14.8 Å². The first-order valence-electron chi connectivity index (χ1n) is 7.62. The van der Waals surface area contributed by atoms with Crippen LogP contribution in [0.15, 0.2) is 41.3 Å². The van der Waals surface area contributed by atoms with Gasteiger partial charge in [0, 0.05) is 12.6 Å². The molecule has 27 heavy (non-hydrogen) atoms. The minimum absolute atomic E-state index is 0.0672. The molecule has 0 amide bonds. The van der Waals surface area contributed by atoms with E-state index in [2.05, 4.69) is 0 Å². The molecule has 0 aliphatic rings. The van der Waals surface area contributed by atoms with Gasteiger partial charge in [-0.3, -0.25) is 9.10 Å². The van der Waals surface area contributed by atoms with E-state index in [4.69, 9.17) is 37.8 Å². The van der Waals surface area contributed by atoms with E-state index in [-0.39, 0.29) is 32.9 Å². The molecule has 2 aromatic rings. The van der Waals surface area contributed by atoms with Gasteiger partial charge >= 0.3 is 5.97 Å². The van der Waals surface area contributed by atoms with Crippen LogP contribution in [0, 0.1) is 0 Å². The SMILES string of the molecule is COc1ccc(N(CCC(=O)O)S(=O)(=O)c2ccc(Cl)c(Cl)c2)c(OC)c1. The van der Waals surface area contributed by atoms with Crippen LogP contribution in [0.2, 0.25) is 10.0 Å². The average molecular weight is 434 g/mol. The summed E-state index contributed by atoms with van der Waals surface area (Å²) in [4.78, 5) is 10.9. The lowest BCUT2D eigenvalue weighted by atomic mass is 10.2. The van der Waals surface area contributed by atoms with Crippen LogP contribution >= 0.6 is 23.2 Å². The second kappa shape index (κ2) is 8.69. The summed E-state index contributed by atoms with van der Waals surface area (Å²) in [5.41, 5.74) is 0.172. The Hall–Kier alpha value is -2.16. The number of carbonyl (C=O) groups is 1. The van der Waals surface area contributed by atoms with Gasteiger partial charge in [0.2, 0.25) is 0 Å². The lowest BCUT2D eigenvalue weighted by molar-refractivity contribution is -0.136. The van der Waals surface area contributed by atoms with Crippen molar-refractivity contribution in [2.24, 2.45) is 0 Å². The predicted molar refractivity (Wildman–Crippen MR) is 103 cm³/mol. The first-order chi connectivity index (χ1) is 12.7. The molecule has 0 saturated carbocycles. The molecule has 0 saturated heterocycles. The largest absolute Gasteiger partial charge is 0.497 e. The molecule has 0 fully saturated rings. The van der Waals surface area contributed by atoms with Crippen LogP contribution in [0.5, 0.6) is 11.5 Å². The van der Waals surface area contributed by atoms with Crippen LogP contribution in [-0.4, -0.2) is 40.3 Å². The summed E-state index contributed by atoms with van der Waals surface area (Å²) < 4.78 is 37.7. The lowest BCUT2D eigenvalue weighted by Crippen LogP contribution is -2.33. The summed E-state index contributed by atoms with van der Waals surface area (Å²) in [6, 6.07) is 8.41. The monoisotopic (exact) mass is 433 g/mol. The smallest absolute Gasteiger partial charge is 0.305 e. The van der Waals surface area contributed by atoms with Crippen LogP contribution in [0.3, 0.4) is 0 Å². The highest BCUT2D eigenvalue weighted by Crippen LogP contribution is 2.36. The van der Waals surface area contributed by atoms with Gasteiger partial charge in [0.25, 0.3) is 10.0 Å². The number of methoxy groups -OCH3 is 2. The summed E-state index contributed by atoms with van der Waals surface area (Å²) in [7, 11) is -1.30. The Labute approximate surface area is 167 Å². The van der Waals surface area contributed by atoms with Gasteiger partial charge in [0.05, 0.1) is 41.3 Å². The number of carboxylic acids is 1. The van der Waals surface area contributed by atoms with Gasteiger partial charge in [-0.2, -0.15) is 0 Å². The number of aliphatic carboxylic acids is 1. The van der Waals surface area contributed by atoms with Crippen molar-refractivity contribution in [2.75, 3.05) is 25.1 Å². The number of hydrogen-bond donors (Lipinski definition) is 1. The molecule has 0 aliphatic heterocycles. The lowest BCUT2D eigenvalue weighted by Gasteiger charge is -2.26. The van der Waals surface area contributed by atoms with E-state index in [9.17, 15) is 13.2 Å². The van der Waals surface area contributed by atoms with Gasteiger partial charge in [-0.15, -0.1) is 0 Å². The number of sulfonamides is 1. The van der Waals surface area contributed by atoms with E-state index in [0.717, 1.165) is 4.31 Å². The van der Waals surface area contributed by atoms with Crippen LogP contribution in [0.25, 0.3) is 0 Å². The van der Waals surface area contributed by atoms with Crippen molar-refractivity contribution in [1.82, 2.24) is 0 Å². The van der Waals surface area contributed by atoms with E-state index in [1.54, 1.807) is 6.07 Å². The zero-order valence-electron chi connectivity index (χ0n) is 14.5. The fourth-order valence-electron chi connectivity index (χ4n) is 2.32. The zero-order chi connectivity index (χ0) is 20.2. The van der Waals surface area contributed by atoms with Gasteiger partial charge in [-0.1, -0.05) is 23.2 Å². The third kappa shape index (κ3) is 4.77. The first-order valence-corrected chi connectivity index (χ1v) is 9.82. The summed E-state index contributed by atoms with van der Waals surface area (Å²) in [6.07, 6.45) is -0.407. The first kappa shape index (κ1) is 21.1. The Bertz CT molecular complexity index is 948. The molecule has 0 bridgehead atoms. The Morgan fingerprint density at radius 3 is 2.33 bits per heavy atom. The van der Waals surface area contributed by atoms with Crippen molar-refractivity contribution in [2.45, 2.75) is 11.3 Å². The minimum Gasteiger partial charge on any atom is -0.497 e. The number of anilines is 1. The van der Waals surface area contributed by atoms with Gasteiger partial charge in [0.15, 0.2) is 0 Å². The number of rotatable bonds is 8. The van der Waals surface area contributed by atoms with E-state index < -0.39 is 22.4 Å². The van der Waals surface area contributed by atoms with E-state index in [1.165, 1.54) is 44.6 Å². The number of carboxylic acid groups (broad SMARTS) is 1. The molecule has 1 N–H and O–H groups in total. The highest BCUT2D eigenvalue weighted by atomic mass is 35.5. The van der Waals surface area contributed by atoms with Gasteiger partial charge in [-0.25, -0.2) is 8.42 Å². The number of nitrogens with zero attached hydrogens (tertiary/aromatic N) is 1.